The molecule has 36 heavy (non-hydrogen) atoms. The predicted molar refractivity (Wildman–Crippen MR) is 132 cm³/mol. The molecule has 1 aliphatic carbocycles. The molecule has 10 heteroatoms. The summed E-state index contributed by atoms with van der Waals surface area (Å²) in [6.07, 6.45) is -0.508. The van der Waals surface area contributed by atoms with Crippen LogP contribution in [-0.2, 0) is 30.4 Å². The molecule has 0 spiro atoms. The molecule has 0 fully saturated rings. The van der Waals surface area contributed by atoms with E-state index in [4.69, 9.17) is 0 Å². The lowest BCUT2D eigenvalue weighted by atomic mass is 9.93. The largest absolute Gasteiger partial charge is 0.433 e. The van der Waals surface area contributed by atoms with E-state index < -0.39 is 11.9 Å². The summed E-state index contributed by atoms with van der Waals surface area (Å²) in [5.74, 6) is 0.453. The first kappa shape index (κ1) is 23.1. The number of amides is 1. The summed E-state index contributed by atoms with van der Waals surface area (Å²) in [4.78, 5) is 16.6. The van der Waals surface area contributed by atoms with E-state index in [0.717, 1.165) is 46.3 Å². The number of nitrogens with zero attached hydrogens (tertiary/aromatic N) is 3. The van der Waals surface area contributed by atoms with Crippen molar-refractivity contribution in [2.75, 3.05) is 11.1 Å². The number of nitrogens with one attached hydrogen (secondary N) is 2. The Kier molecular flexibility index (Phi) is 5.72. The van der Waals surface area contributed by atoms with Gasteiger partial charge in [-0.15, -0.1) is 11.8 Å². The number of carbonyl (C=O) groups is 1. The molecule has 2 N–H and O–H groups in total. The van der Waals surface area contributed by atoms with Gasteiger partial charge in [-0.1, -0.05) is 24.3 Å². The number of halogens is 3. The van der Waals surface area contributed by atoms with Crippen LogP contribution in [0.1, 0.15) is 28.9 Å². The lowest BCUT2D eigenvalue weighted by Crippen LogP contribution is -2.34. The first-order valence-corrected chi connectivity index (χ1v) is 12.7. The van der Waals surface area contributed by atoms with E-state index in [9.17, 15) is 18.0 Å². The van der Waals surface area contributed by atoms with Gasteiger partial charge >= 0.3 is 6.18 Å². The third-order valence-corrected chi connectivity index (χ3v) is 7.71. The van der Waals surface area contributed by atoms with E-state index in [2.05, 4.69) is 26.8 Å². The quantitative estimate of drug-likeness (QED) is 0.399. The number of fused-ring (bicyclic) bond motifs is 3. The van der Waals surface area contributed by atoms with E-state index in [-0.39, 0.29) is 11.9 Å². The van der Waals surface area contributed by atoms with Crippen molar-refractivity contribution in [2.24, 2.45) is 0 Å². The summed E-state index contributed by atoms with van der Waals surface area (Å²) < 4.78 is 42.3. The van der Waals surface area contributed by atoms with Crippen molar-refractivity contribution in [3.8, 4) is 5.69 Å². The Bertz CT molecular complexity index is 1480. The summed E-state index contributed by atoms with van der Waals surface area (Å²) in [7, 11) is 0. The lowest BCUT2D eigenvalue weighted by Gasteiger charge is -2.25. The summed E-state index contributed by atoms with van der Waals surface area (Å²) in [5, 5.41) is 11.6. The van der Waals surface area contributed by atoms with Gasteiger partial charge in [-0.05, 0) is 54.7 Å². The van der Waals surface area contributed by atoms with Crippen LogP contribution in [0.15, 0.2) is 59.6 Å². The molecule has 6 rings (SSSR count). The second-order valence-corrected chi connectivity index (χ2v) is 10.1. The zero-order chi connectivity index (χ0) is 24.9. The van der Waals surface area contributed by atoms with Crippen molar-refractivity contribution in [2.45, 2.75) is 42.9 Å². The molecular weight excluding hydrogens is 487 g/mol. The Morgan fingerprint density at radius 2 is 2.03 bits per heavy atom. The molecule has 2 aromatic carbocycles. The minimum absolute atomic E-state index is 0.0127. The standard InChI is InChI=1S/C26H22F3N5OS/c27-26(28,29)24-11-22(18-3-1-2-4-19(18)32-24)34-21-7-6-17(10-16(21)13-31-34)30-12-15-5-8-23-20(9-15)33-25(35)14-36-23/h1-5,8-9,11,13,17,30H,6-7,10,12,14H2,(H,33,35). The smallest absolute Gasteiger partial charge is 0.324 e. The maximum Gasteiger partial charge on any atom is 0.433 e. The van der Waals surface area contributed by atoms with Crippen LogP contribution in [0.2, 0.25) is 0 Å². The molecule has 2 aromatic heterocycles. The van der Waals surface area contributed by atoms with E-state index >= 15 is 0 Å². The Labute approximate surface area is 209 Å². The number of hydrogen-bond acceptors (Lipinski definition) is 5. The van der Waals surface area contributed by atoms with Crippen molar-refractivity contribution < 1.29 is 18.0 Å². The van der Waals surface area contributed by atoms with Gasteiger partial charge < -0.3 is 10.6 Å². The normalized spacial score (nSPS) is 17.5. The first-order valence-electron chi connectivity index (χ1n) is 11.7. The number of aromatic nitrogens is 3. The molecule has 2 aliphatic rings. The summed E-state index contributed by atoms with van der Waals surface area (Å²) in [5.41, 5.74) is 3.67. The summed E-state index contributed by atoms with van der Waals surface area (Å²) in [6, 6.07) is 14.3. The molecule has 6 nitrogen and oxygen atoms in total. The van der Waals surface area contributed by atoms with E-state index in [1.807, 2.05) is 12.1 Å². The molecule has 3 heterocycles. The van der Waals surface area contributed by atoms with Crippen molar-refractivity contribution in [3.05, 3.63) is 77.2 Å². The Hall–Kier alpha value is -3.37. The highest BCUT2D eigenvalue weighted by Gasteiger charge is 2.34. The highest BCUT2D eigenvalue weighted by molar-refractivity contribution is 8.00. The molecule has 0 radical (unpaired) electrons. The zero-order valence-corrected chi connectivity index (χ0v) is 19.9. The van der Waals surface area contributed by atoms with Crippen molar-refractivity contribution >= 4 is 34.3 Å². The Balaban J connectivity index is 1.22. The van der Waals surface area contributed by atoms with Gasteiger partial charge in [0.1, 0.15) is 5.69 Å². The third kappa shape index (κ3) is 4.35. The van der Waals surface area contributed by atoms with Gasteiger partial charge in [0.25, 0.3) is 0 Å². The number of benzene rings is 2. The number of anilines is 1. The Morgan fingerprint density at radius 3 is 2.89 bits per heavy atom. The maximum atomic E-state index is 13.5. The van der Waals surface area contributed by atoms with E-state index in [1.165, 1.54) is 11.8 Å². The minimum atomic E-state index is -4.54. The summed E-state index contributed by atoms with van der Waals surface area (Å²) in [6.45, 7) is 0.659. The van der Waals surface area contributed by atoms with Crippen molar-refractivity contribution in [1.82, 2.24) is 20.1 Å². The highest BCUT2D eigenvalue weighted by Crippen LogP contribution is 2.34. The molecule has 1 aliphatic heterocycles. The fraction of sp³-hybridized carbons (Fsp3) is 0.269. The number of carbonyl (C=O) groups excluding carboxylic acids is 1. The molecule has 0 bridgehead atoms. The molecule has 1 atom stereocenters. The number of thioether (sulfide) groups is 1. The van der Waals surface area contributed by atoms with Crippen LogP contribution in [0, 0.1) is 0 Å². The number of pyridine rings is 1. The monoisotopic (exact) mass is 509 g/mol. The highest BCUT2D eigenvalue weighted by atomic mass is 32.2. The number of hydrogen-bond donors (Lipinski definition) is 2. The van der Waals surface area contributed by atoms with Crippen LogP contribution in [0.4, 0.5) is 18.9 Å². The molecule has 0 saturated carbocycles. The first-order chi connectivity index (χ1) is 17.3. The molecule has 1 unspecified atom stereocenters. The van der Waals surface area contributed by atoms with Gasteiger partial charge in [0, 0.05) is 28.6 Å². The van der Waals surface area contributed by atoms with Gasteiger partial charge in [-0.2, -0.15) is 18.3 Å². The molecule has 0 saturated heterocycles. The van der Waals surface area contributed by atoms with E-state index in [0.29, 0.717) is 35.3 Å². The average Bonchev–Trinajstić information content (AvgIpc) is 3.29. The molecule has 4 aromatic rings. The molecule has 1 amide bonds. The average molecular weight is 510 g/mol. The predicted octanol–water partition coefficient (Wildman–Crippen LogP) is 5.13. The van der Waals surface area contributed by atoms with Gasteiger partial charge in [0.05, 0.1) is 28.8 Å². The molecular formula is C26H22F3N5OS. The van der Waals surface area contributed by atoms with E-state index in [1.54, 1.807) is 35.1 Å². The SMILES string of the molecule is O=C1CSc2ccc(CNC3CCc4c(cnn4-c4cc(C(F)(F)F)nc5ccccc45)C3)cc2N1. The van der Waals surface area contributed by atoms with Crippen LogP contribution < -0.4 is 10.6 Å². The maximum absolute atomic E-state index is 13.5. The van der Waals surface area contributed by atoms with Gasteiger partial charge in [0.15, 0.2) is 0 Å². The zero-order valence-electron chi connectivity index (χ0n) is 19.1. The fourth-order valence-corrected chi connectivity index (χ4v) is 5.67. The van der Waals surface area contributed by atoms with Crippen LogP contribution in [-0.4, -0.2) is 32.5 Å². The topological polar surface area (TPSA) is 71.8 Å². The lowest BCUT2D eigenvalue weighted by molar-refractivity contribution is -0.141. The second kappa shape index (κ2) is 8.94. The van der Waals surface area contributed by atoms with Crippen molar-refractivity contribution in [3.63, 3.8) is 0 Å². The van der Waals surface area contributed by atoms with Crippen LogP contribution in [0.3, 0.4) is 0 Å². The van der Waals surface area contributed by atoms with Crippen LogP contribution in [0.25, 0.3) is 16.6 Å². The number of rotatable bonds is 4. The summed E-state index contributed by atoms with van der Waals surface area (Å²) >= 11 is 1.54. The Morgan fingerprint density at radius 1 is 1.17 bits per heavy atom. The van der Waals surface area contributed by atoms with Gasteiger partial charge in [-0.3, -0.25) is 4.79 Å². The van der Waals surface area contributed by atoms with Gasteiger partial charge in [0.2, 0.25) is 5.91 Å². The molecule has 184 valence electrons. The van der Waals surface area contributed by atoms with Crippen molar-refractivity contribution in [1.29, 1.82) is 0 Å². The van der Waals surface area contributed by atoms with Crippen LogP contribution in [0.5, 0.6) is 0 Å². The minimum Gasteiger partial charge on any atom is -0.324 e. The number of para-hydroxylation sites is 1. The second-order valence-electron chi connectivity index (χ2n) is 9.06. The van der Waals surface area contributed by atoms with Gasteiger partial charge in [-0.25, -0.2) is 9.67 Å². The van der Waals surface area contributed by atoms with Crippen LogP contribution >= 0.6 is 11.8 Å². The third-order valence-electron chi connectivity index (χ3n) is 6.64. The number of alkyl halides is 3. The fourth-order valence-electron chi connectivity index (χ4n) is 4.88.